The topological polar surface area (TPSA) is 24.9 Å². The van der Waals surface area contributed by atoms with Crippen LogP contribution in [0.15, 0.2) is 18.3 Å². The highest BCUT2D eigenvalue weighted by molar-refractivity contribution is 6.30. The molecule has 1 rings (SSSR count). The molecular formula is C13H21ClN2. The predicted molar refractivity (Wildman–Crippen MR) is 70.9 cm³/mol. The first-order valence-electron chi connectivity index (χ1n) is 5.86. The maximum Gasteiger partial charge on any atom is 0.125 e. The lowest BCUT2D eigenvalue weighted by atomic mass is 9.85. The van der Waals surface area contributed by atoms with Gasteiger partial charge in [0.1, 0.15) is 5.82 Å². The van der Waals surface area contributed by atoms with E-state index in [1.807, 2.05) is 12.1 Å². The maximum absolute atomic E-state index is 5.79. The monoisotopic (exact) mass is 240 g/mol. The van der Waals surface area contributed by atoms with Crippen molar-refractivity contribution in [3.63, 3.8) is 0 Å². The number of anilines is 1. The van der Waals surface area contributed by atoms with E-state index < -0.39 is 0 Å². The van der Waals surface area contributed by atoms with Gasteiger partial charge in [-0.2, -0.15) is 0 Å². The van der Waals surface area contributed by atoms with Crippen LogP contribution in [-0.2, 0) is 0 Å². The van der Waals surface area contributed by atoms with Gasteiger partial charge < -0.3 is 5.32 Å². The van der Waals surface area contributed by atoms with Gasteiger partial charge in [-0.1, -0.05) is 39.3 Å². The van der Waals surface area contributed by atoms with Gasteiger partial charge in [-0.25, -0.2) is 4.98 Å². The highest BCUT2D eigenvalue weighted by Crippen LogP contribution is 2.21. The van der Waals surface area contributed by atoms with Gasteiger partial charge in [0.25, 0.3) is 0 Å². The van der Waals surface area contributed by atoms with Crippen LogP contribution in [0.3, 0.4) is 0 Å². The highest BCUT2D eigenvalue weighted by atomic mass is 35.5. The number of halogens is 1. The Labute approximate surface area is 103 Å². The molecule has 0 spiro atoms. The van der Waals surface area contributed by atoms with Gasteiger partial charge in [0.05, 0.1) is 5.02 Å². The molecule has 0 bridgehead atoms. The molecule has 0 unspecified atom stereocenters. The Bertz CT molecular complexity index is 298. The Morgan fingerprint density at radius 3 is 2.25 bits per heavy atom. The summed E-state index contributed by atoms with van der Waals surface area (Å²) in [7, 11) is 0. The van der Waals surface area contributed by atoms with Crippen LogP contribution >= 0.6 is 11.6 Å². The number of rotatable bonds is 5. The summed E-state index contributed by atoms with van der Waals surface area (Å²) in [5.74, 6) is 2.92. The molecule has 2 nitrogen and oxygen atoms in total. The number of hydrogen-bond acceptors (Lipinski definition) is 2. The van der Waals surface area contributed by atoms with Crippen LogP contribution in [0.25, 0.3) is 0 Å². The molecule has 1 aromatic rings. The smallest absolute Gasteiger partial charge is 0.125 e. The van der Waals surface area contributed by atoms with Crippen molar-refractivity contribution in [2.75, 3.05) is 11.9 Å². The lowest BCUT2D eigenvalue weighted by Crippen LogP contribution is -2.24. The van der Waals surface area contributed by atoms with Crippen molar-refractivity contribution in [3.8, 4) is 0 Å². The summed E-state index contributed by atoms with van der Waals surface area (Å²) in [6, 6.07) is 3.77. The molecule has 1 aromatic heterocycles. The fourth-order valence-corrected chi connectivity index (χ4v) is 2.06. The van der Waals surface area contributed by atoms with E-state index in [1.54, 1.807) is 6.20 Å². The van der Waals surface area contributed by atoms with Gasteiger partial charge in [0.2, 0.25) is 0 Å². The van der Waals surface area contributed by atoms with Gasteiger partial charge in [0.15, 0.2) is 0 Å². The molecule has 0 amide bonds. The number of nitrogens with zero attached hydrogens (tertiary/aromatic N) is 1. The zero-order valence-electron chi connectivity index (χ0n) is 10.5. The third-order valence-electron chi connectivity index (χ3n) is 2.96. The normalized spacial score (nSPS) is 11.5. The summed E-state index contributed by atoms with van der Waals surface area (Å²) in [5.41, 5.74) is 0. The zero-order chi connectivity index (χ0) is 12.1. The van der Waals surface area contributed by atoms with Crippen molar-refractivity contribution in [2.45, 2.75) is 27.7 Å². The summed E-state index contributed by atoms with van der Waals surface area (Å²) in [6.45, 7) is 10.0. The Morgan fingerprint density at radius 1 is 1.19 bits per heavy atom. The molecule has 0 fully saturated rings. The Hall–Kier alpha value is -0.760. The second-order valence-electron chi connectivity index (χ2n) is 4.89. The van der Waals surface area contributed by atoms with E-state index in [0.29, 0.717) is 22.8 Å². The molecule has 0 radical (unpaired) electrons. The lowest BCUT2D eigenvalue weighted by molar-refractivity contribution is 0.304. The van der Waals surface area contributed by atoms with Crippen LogP contribution in [0.5, 0.6) is 0 Å². The van der Waals surface area contributed by atoms with Gasteiger partial charge in [-0.3, -0.25) is 0 Å². The number of pyridine rings is 1. The molecule has 16 heavy (non-hydrogen) atoms. The lowest BCUT2D eigenvalue weighted by Gasteiger charge is -2.25. The van der Waals surface area contributed by atoms with Crippen molar-refractivity contribution < 1.29 is 0 Å². The van der Waals surface area contributed by atoms with Crippen LogP contribution < -0.4 is 5.32 Å². The summed E-state index contributed by atoms with van der Waals surface area (Å²) in [6.07, 6.45) is 1.67. The minimum atomic E-state index is 0.664. The Balaban J connectivity index is 2.52. The van der Waals surface area contributed by atoms with Crippen LogP contribution in [0, 0.1) is 17.8 Å². The summed E-state index contributed by atoms with van der Waals surface area (Å²) >= 11 is 5.79. The first kappa shape index (κ1) is 13.3. The molecule has 0 aliphatic rings. The van der Waals surface area contributed by atoms with Crippen molar-refractivity contribution >= 4 is 17.4 Å². The van der Waals surface area contributed by atoms with Gasteiger partial charge in [0, 0.05) is 12.7 Å². The third-order valence-corrected chi connectivity index (χ3v) is 3.18. The molecule has 0 saturated heterocycles. The molecule has 1 N–H and O–H groups in total. The molecule has 0 aliphatic heterocycles. The largest absolute Gasteiger partial charge is 0.370 e. The molecule has 0 aromatic carbocycles. The molecule has 0 aliphatic carbocycles. The second kappa shape index (κ2) is 6.09. The van der Waals surface area contributed by atoms with Gasteiger partial charge >= 0.3 is 0 Å². The Morgan fingerprint density at radius 2 is 1.81 bits per heavy atom. The maximum atomic E-state index is 5.79. The van der Waals surface area contributed by atoms with Crippen LogP contribution in [0.4, 0.5) is 5.82 Å². The average Bonchev–Trinajstić information content (AvgIpc) is 2.20. The number of aromatic nitrogens is 1. The first-order valence-corrected chi connectivity index (χ1v) is 6.24. The molecule has 90 valence electrons. The summed E-state index contributed by atoms with van der Waals surface area (Å²) < 4.78 is 0. The Kier molecular flexibility index (Phi) is 5.07. The molecular weight excluding hydrogens is 220 g/mol. The average molecular weight is 241 g/mol. The van der Waals surface area contributed by atoms with E-state index in [4.69, 9.17) is 11.6 Å². The van der Waals surface area contributed by atoms with Gasteiger partial charge in [-0.15, -0.1) is 0 Å². The van der Waals surface area contributed by atoms with Gasteiger partial charge in [-0.05, 0) is 29.9 Å². The molecule has 0 saturated carbocycles. The van der Waals surface area contributed by atoms with E-state index in [1.165, 1.54) is 0 Å². The predicted octanol–water partition coefficient (Wildman–Crippen LogP) is 4.08. The van der Waals surface area contributed by atoms with Crippen LogP contribution in [0.1, 0.15) is 27.7 Å². The van der Waals surface area contributed by atoms with E-state index in [-0.39, 0.29) is 0 Å². The summed E-state index contributed by atoms with van der Waals surface area (Å²) in [4.78, 5) is 4.23. The standard InChI is InChI=1S/C13H21ClN2/c1-9(2)12(10(3)4)8-16-13-6-5-11(14)7-15-13/h5-7,9-10,12H,8H2,1-4H3,(H,15,16). The molecule has 3 heteroatoms. The fraction of sp³-hybridized carbons (Fsp3) is 0.615. The van der Waals surface area contributed by atoms with Crippen LogP contribution in [-0.4, -0.2) is 11.5 Å². The summed E-state index contributed by atoms with van der Waals surface area (Å²) in [5, 5.41) is 4.04. The first-order chi connectivity index (χ1) is 7.50. The van der Waals surface area contributed by atoms with E-state index in [0.717, 1.165) is 12.4 Å². The van der Waals surface area contributed by atoms with Crippen molar-refractivity contribution in [3.05, 3.63) is 23.4 Å². The minimum absolute atomic E-state index is 0.664. The van der Waals surface area contributed by atoms with Crippen molar-refractivity contribution in [1.82, 2.24) is 4.98 Å². The van der Waals surface area contributed by atoms with E-state index in [2.05, 4.69) is 38.0 Å². The highest BCUT2D eigenvalue weighted by Gasteiger charge is 2.16. The fourth-order valence-electron chi connectivity index (χ4n) is 1.94. The minimum Gasteiger partial charge on any atom is -0.370 e. The zero-order valence-corrected chi connectivity index (χ0v) is 11.3. The third kappa shape index (κ3) is 4.01. The van der Waals surface area contributed by atoms with E-state index in [9.17, 15) is 0 Å². The quantitative estimate of drug-likeness (QED) is 0.839. The van der Waals surface area contributed by atoms with E-state index >= 15 is 0 Å². The SMILES string of the molecule is CC(C)C(CNc1ccc(Cl)cn1)C(C)C. The second-order valence-corrected chi connectivity index (χ2v) is 5.33. The molecule has 1 heterocycles. The number of hydrogen-bond donors (Lipinski definition) is 1. The van der Waals surface area contributed by atoms with Crippen molar-refractivity contribution in [1.29, 1.82) is 0 Å². The molecule has 0 atom stereocenters. The van der Waals surface area contributed by atoms with Crippen LogP contribution in [0.2, 0.25) is 5.02 Å². The number of nitrogens with one attached hydrogen (secondary N) is 1. The van der Waals surface area contributed by atoms with Crippen molar-refractivity contribution in [2.24, 2.45) is 17.8 Å².